The van der Waals surface area contributed by atoms with E-state index < -0.39 is 11.7 Å². The lowest BCUT2D eigenvalue weighted by atomic mass is 9.99. The van der Waals surface area contributed by atoms with E-state index in [-0.39, 0.29) is 36.5 Å². The van der Waals surface area contributed by atoms with Gasteiger partial charge in [0.2, 0.25) is 5.91 Å². The molecular formula is C15H22ClF3N2O. The van der Waals surface area contributed by atoms with Crippen LogP contribution in [0.2, 0.25) is 0 Å². The number of amides is 1. The maximum Gasteiger partial charge on any atom is 0.416 e. The molecule has 0 aliphatic carbocycles. The molecular weight excluding hydrogens is 317 g/mol. The molecule has 0 spiro atoms. The topological polar surface area (TPSA) is 55.1 Å². The smallest absolute Gasteiger partial charge is 0.326 e. The van der Waals surface area contributed by atoms with Crippen LogP contribution in [0, 0.1) is 5.92 Å². The predicted octanol–water partition coefficient (Wildman–Crippen LogP) is 4.35. The van der Waals surface area contributed by atoms with E-state index in [0.717, 1.165) is 25.0 Å². The van der Waals surface area contributed by atoms with Crippen LogP contribution in [0.4, 0.5) is 18.9 Å². The number of carbonyl (C=O) groups is 1. The number of hydrogen-bond donors (Lipinski definition) is 2. The van der Waals surface area contributed by atoms with Gasteiger partial charge in [-0.15, -0.1) is 12.4 Å². The SMILES string of the molecule is CCC(CC)CC(=O)Nc1cc(CN)cc(C(F)(F)F)c1.Cl. The summed E-state index contributed by atoms with van der Waals surface area (Å²) >= 11 is 0. The van der Waals surface area contributed by atoms with E-state index in [9.17, 15) is 18.0 Å². The molecule has 3 N–H and O–H groups in total. The highest BCUT2D eigenvalue weighted by Crippen LogP contribution is 2.32. The number of nitrogens with one attached hydrogen (secondary N) is 1. The zero-order chi connectivity index (χ0) is 16.0. The summed E-state index contributed by atoms with van der Waals surface area (Å²) in [6.45, 7) is 3.95. The molecule has 0 atom stereocenters. The Hall–Kier alpha value is -1.27. The number of carbonyl (C=O) groups excluding carboxylic acids is 1. The van der Waals surface area contributed by atoms with Crippen LogP contribution in [0.25, 0.3) is 0 Å². The molecule has 0 fully saturated rings. The maximum atomic E-state index is 12.8. The van der Waals surface area contributed by atoms with E-state index >= 15 is 0 Å². The lowest BCUT2D eigenvalue weighted by molar-refractivity contribution is -0.137. The number of hydrogen-bond acceptors (Lipinski definition) is 2. The molecule has 0 heterocycles. The van der Waals surface area contributed by atoms with Gasteiger partial charge in [0.05, 0.1) is 5.56 Å². The minimum absolute atomic E-state index is 0. The Morgan fingerprint density at radius 1 is 1.23 bits per heavy atom. The second-order valence-corrected chi connectivity index (χ2v) is 5.06. The third kappa shape index (κ3) is 6.23. The molecule has 126 valence electrons. The Bertz CT molecular complexity index is 488. The van der Waals surface area contributed by atoms with Crippen LogP contribution in [0.15, 0.2) is 18.2 Å². The second-order valence-electron chi connectivity index (χ2n) is 5.06. The normalized spacial score (nSPS) is 11.2. The van der Waals surface area contributed by atoms with Crippen molar-refractivity contribution in [3.63, 3.8) is 0 Å². The number of benzene rings is 1. The molecule has 1 aromatic carbocycles. The van der Waals surface area contributed by atoms with Crippen molar-refractivity contribution < 1.29 is 18.0 Å². The van der Waals surface area contributed by atoms with Gasteiger partial charge in [-0.2, -0.15) is 13.2 Å². The fourth-order valence-corrected chi connectivity index (χ4v) is 2.10. The summed E-state index contributed by atoms with van der Waals surface area (Å²) in [5.41, 5.74) is 5.08. The molecule has 7 heteroatoms. The first-order valence-electron chi connectivity index (χ1n) is 7.01. The predicted molar refractivity (Wildman–Crippen MR) is 83.9 cm³/mol. The number of nitrogens with two attached hydrogens (primary N) is 1. The van der Waals surface area contributed by atoms with Gasteiger partial charge in [-0.3, -0.25) is 4.79 Å². The lowest BCUT2D eigenvalue weighted by Crippen LogP contribution is -2.17. The van der Waals surface area contributed by atoms with Crippen LogP contribution in [0.5, 0.6) is 0 Å². The summed E-state index contributed by atoms with van der Waals surface area (Å²) in [4.78, 5) is 11.9. The summed E-state index contributed by atoms with van der Waals surface area (Å²) in [6.07, 6.45) is -2.43. The molecule has 0 saturated carbocycles. The summed E-state index contributed by atoms with van der Waals surface area (Å²) < 4.78 is 38.4. The Balaban J connectivity index is 0.00000441. The largest absolute Gasteiger partial charge is 0.416 e. The highest BCUT2D eigenvalue weighted by atomic mass is 35.5. The van der Waals surface area contributed by atoms with Crippen LogP contribution in [0.1, 0.15) is 44.2 Å². The highest BCUT2D eigenvalue weighted by molar-refractivity contribution is 5.91. The Kier molecular flexibility index (Phi) is 8.48. The molecule has 22 heavy (non-hydrogen) atoms. The minimum atomic E-state index is -4.46. The van der Waals surface area contributed by atoms with Crippen molar-refractivity contribution in [1.82, 2.24) is 0 Å². The third-order valence-corrected chi connectivity index (χ3v) is 3.47. The van der Waals surface area contributed by atoms with E-state index in [0.29, 0.717) is 12.0 Å². The van der Waals surface area contributed by atoms with Gasteiger partial charge in [0.1, 0.15) is 0 Å². The van der Waals surface area contributed by atoms with E-state index in [4.69, 9.17) is 5.73 Å². The first kappa shape index (κ1) is 20.7. The van der Waals surface area contributed by atoms with Crippen LogP contribution in [0.3, 0.4) is 0 Å². The quantitative estimate of drug-likeness (QED) is 0.810. The highest BCUT2D eigenvalue weighted by Gasteiger charge is 2.31. The maximum absolute atomic E-state index is 12.8. The average molecular weight is 339 g/mol. The number of anilines is 1. The van der Waals surface area contributed by atoms with Crippen LogP contribution >= 0.6 is 12.4 Å². The lowest BCUT2D eigenvalue weighted by Gasteiger charge is -2.14. The average Bonchev–Trinajstić information content (AvgIpc) is 2.43. The molecule has 3 nitrogen and oxygen atoms in total. The molecule has 0 saturated heterocycles. The Labute approximate surface area is 134 Å². The zero-order valence-electron chi connectivity index (χ0n) is 12.7. The minimum Gasteiger partial charge on any atom is -0.326 e. The monoisotopic (exact) mass is 338 g/mol. The summed E-state index contributed by atoms with van der Waals surface area (Å²) in [6, 6.07) is 3.40. The van der Waals surface area contributed by atoms with Crippen molar-refractivity contribution in [2.75, 3.05) is 5.32 Å². The molecule has 1 rings (SSSR count). The number of halogens is 4. The summed E-state index contributed by atoms with van der Waals surface area (Å²) in [7, 11) is 0. The Morgan fingerprint density at radius 3 is 2.27 bits per heavy atom. The first-order chi connectivity index (χ1) is 9.79. The molecule has 0 unspecified atom stereocenters. The molecule has 0 aliphatic heterocycles. The van der Waals surface area contributed by atoms with Crippen molar-refractivity contribution in [2.45, 2.75) is 45.8 Å². The van der Waals surface area contributed by atoms with Crippen LogP contribution < -0.4 is 11.1 Å². The van der Waals surface area contributed by atoms with E-state index in [1.54, 1.807) is 0 Å². The van der Waals surface area contributed by atoms with E-state index in [1.807, 2.05) is 13.8 Å². The zero-order valence-corrected chi connectivity index (χ0v) is 13.5. The van der Waals surface area contributed by atoms with Crippen LogP contribution in [-0.4, -0.2) is 5.91 Å². The Morgan fingerprint density at radius 2 is 1.82 bits per heavy atom. The van der Waals surface area contributed by atoms with Gasteiger partial charge in [-0.1, -0.05) is 26.7 Å². The van der Waals surface area contributed by atoms with E-state index in [1.165, 1.54) is 6.07 Å². The fourth-order valence-electron chi connectivity index (χ4n) is 2.10. The van der Waals surface area contributed by atoms with Crippen molar-refractivity contribution >= 4 is 24.0 Å². The molecule has 1 amide bonds. The van der Waals surface area contributed by atoms with Gasteiger partial charge in [0.25, 0.3) is 0 Å². The van der Waals surface area contributed by atoms with Gasteiger partial charge < -0.3 is 11.1 Å². The molecule has 0 radical (unpaired) electrons. The van der Waals surface area contributed by atoms with Crippen molar-refractivity contribution in [2.24, 2.45) is 11.7 Å². The second kappa shape index (κ2) is 9.00. The van der Waals surface area contributed by atoms with Gasteiger partial charge in [-0.25, -0.2) is 0 Å². The van der Waals surface area contributed by atoms with Gasteiger partial charge in [0, 0.05) is 18.7 Å². The van der Waals surface area contributed by atoms with Gasteiger partial charge in [0.15, 0.2) is 0 Å². The summed E-state index contributed by atoms with van der Waals surface area (Å²) in [5, 5.41) is 2.53. The van der Waals surface area contributed by atoms with E-state index in [2.05, 4.69) is 5.32 Å². The van der Waals surface area contributed by atoms with Crippen molar-refractivity contribution in [3.05, 3.63) is 29.3 Å². The van der Waals surface area contributed by atoms with Crippen molar-refractivity contribution in [3.8, 4) is 0 Å². The molecule has 0 aromatic heterocycles. The van der Waals surface area contributed by atoms with Gasteiger partial charge >= 0.3 is 6.18 Å². The molecule has 0 bridgehead atoms. The van der Waals surface area contributed by atoms with Crippen LogP contribution in [-0.2, 0) is 17.5 Å². The standard InChI is InChI=1S/C15H21F3N2O.ClH/c1-3-10(4-2)7-14(21)20-13-6-11(9-19)5-12(8-13)15(16,17)18;/h5-6,8,10H,3-4,7,9,19H2,1-2H3,(H,20,21);1H. The molecule has 1 aromatic rings. The summed E-state index contributed by atoms with van der Waals surface area (Å²) in [5.74, 6) is -0.0317. The molecule has 0 aliphatic rings. The fraction of sp³-hybridized carbons (Fsp3) is 0.533. The van der Waals surface area contributed by atoms with Gasteiger partial charge in [-0.05, 0) is 29.7 Å². The number of alkyl halides is 3. The van der Waals surface area contributed by atoms with Crippen molar-refractivity contribution in [1.29, 1.82) is 0 Å². The first-order valence-corrected chi connectivity index (χ1v) is 7.01. The third-order valence-electron chi connectivity index (χ3n) is 3.47. The number of rotatable bonds is 6.